The lowest BCUT2D eigenvalue weighted by Gasteiger charge is -2.45. The van der Waals surface area contributed by atoms with Crippen molar-refractivity contribution in [2.45, 2.75) is 11.8 Å². The molecule has 4 aromatic carbocycles. The van der Waals surface area contributed by atoms with Crippen LogP contribution < -0.4 is 4.90 Å². The monoisotopic (exact) mass is 401 g/mol. The summed E-state index contributed by atoms with van der Waals surface area (Å²) in [6, 6.07) is 30.5. The quantitative estimate of drug-likeness (QED) is 0.409. The number of imide groups is 1. The van der Waals surface area contributed by atoms with E-state index in [9.17, 15) is 9.59 Å². The normalized spacial score (nSPS) is 25.5. The molecule has 3 heteroatoms. The predicted molar refractivity (Wildman–Crippen MR) is 120 cm³/mol. The second-order valence-corrected chi connectivity index (χ2v) is 8.77. The van der Waals surface area contributed by atoms with Crippen molar-refractivity contribution in [3.05, 3.63) is 113 Å². The molecule has 0 N–H and O–H groups in total. The fourth-order valence-corrected chi connectivity index (χ4v) is 6.32. The van der Waals surface area contributed by atoms with Crippen LogP contribution in [0.4, 0.5) is 5.69 Å². The number of carbonyl (C=O) groups is 2. The Morgan fingerprint density at radius 1 is 0.516 bits per heavy atom. The van der Waals surface area contributed by atoms with Gasteiger partial charge in [0.25, 0.3) is 0 Å². The van der Waals surface area contributed by atoms with Gasteiger partial charge in [-0.05, 0) is 33.7 Å². The van der Waals surface area contributed by atoms with E-state index in [2.05, 4.69) is 24.3 Å². The first-order valence-corrected chi connectivity index (χ1v) is 10.8. The molecule has 3 nitrogen and oxygen atoms in total. The Bertz CT molecular complexity index is 1300. The summed E-state index contributed by atoms with van der Waals surface area (Å²) in [6.07, 6.45) is 0. The minimum Gasteiger partial charge on any atom is -0.274 e. The third-order valence-corrected chi connectivity index (χ3v) is 7.46. The van der Waals surface area contributed by atoms with E-state index in [1.165, 1.54) is 27.2 Å². The smallest absolute Gasteiger partial charge is 0.238 e. The van der Waals surface area contributed by atoms with Gasteiger partial charge in [0.1, 0.15) is 0 Å². The van der Waals surface area contributed by atoms with Crippen molar-refractivity contribution in [1.82, 2.24) is 0 Å². The van der Waals surface area contributed by atoms with Crippen LogP contribution in [0.15, 0.2) is 91.0 Å². The number of fused-ring (bicyclic) bond motifs is 1. The first-order chi connectivity index (χ1) is 15.3. The Morgan fingerprint density at radius 3 is 1.52 bits per heavy atom. The molecule has 0 aromatic heterocycles. The van der Waals surface area contributed by atoms with Crippen LogP contribution in [0, 0.1) is 11.8 Å². The van der Waals surface area contributed by atoms with Crippen molar-refractivity contribution < 1.29 is 9.59 Å². The highest BCUT2D eigenvalue weighted by Crippen LogP contribution is 2.61. The molecule has 0 unspecified atom stereocenters. The standard InChI is InChI=1S/C28H19NO2/c30-27-25-23-18-11-3-4-12-19(18)24(21-14-6-5-13-20(21)23)26(25)28(31)29(27)22-15-7-9-16-8-1-2-10-17(16)22/h1-15,23-26H/t23?,24?,25-,26-/m1/s1. The lowest BCUT2D eigenvalue weighted by molar-refractivity contribution is -0.122. The zero-order valence-electron chi connectivity index (χ0n) is 16.7. The number of anilines is 1. The van der Waals surface area contributed by atoms with E-state index >= 15 is 0 Å². The zero-order chi connectivity index (χ0) is 20.7. The summed E-state index contributed by atoms with van der Waals surface area (Å²) in [6.45, 7) is 0. The van der Waals surface area contributed by atoms with Gasteiger partial charge in [0.2, 0.25) is 11.8 Å². The summed E-state index contributed by atoms with van der Waals surface area (Å²) in [5.41, 5.74) is 5.51. The minimum absolute atomic E-state index is 0.0645. The number of nitrogens with zero attached hydrogens (tertiary/aromatic N) is 1. The van der Waals surface area contributed by atoms with E-state index in [0.717, 1.165) is 10.8 Å². The Kier molecular flexibility index (Phi) is 3.25. The van der Waals surface area contributed by atoms with Gasteiger partial charge in [-0.15, -0.1) is 0 Å². The first kappa shape index (κ1) is 17.0. The highest BCUT2D eigenvalue weighted by atomic mass is 16.2. The van der Waals surface area contributed by atoms with Crippen LogP contribution in [0.1, 0.15) is 34.1 Å². The van der Waals surface area contributed by atoms with Gasteiger partial charge in [0.15, 0.2) is 0 Å². The van der Waals surface area contributed by atoms with E-state index in [1.807, 2.05) is 66.7 Å². The molecule has 1 fully saturated rings. The van der Waals surface area contributed by atoms with Gasteiger partial charge in [-0.25, -0.2) is 4.90 Å². The number of rotatable bonds is 1. The molecule has 0 spiro atoms. The Balaban J connectivity index is 1.47. The number of hydrogen-bond donors (Lipinski definition) is 0. The lowest BCUT2D eigenvalue weighted by Crippen LogP contribution is -2.41. The van der Waals surface area contributed by atoms with Gasteiger partial charge < -0.3 is 0 Å². The average Bonchev–Trinajstić information content (AvgIpc) is 3.09. The minimum atomic E-state index is -0.346. The Morgan fingerprint density at radius 2 is 0.968 bits per heavy atom. The van der Waals surface area contributed by atoms with Gasteiger partial charge in [-0.1, -0.05) is 84.9 Å². The average molecular weight is 401 g/mol. The van der Waals surface area contributed by atoms with Gasteiger partial charge in [-0.3, -0.25) is 9.59 Å². The van der Waals surface area contributed by atoms with Crippen molar-refractivity contribution in [1.29, 1.82) is 0 Å². The lowest BCUT2D eigenvalue weighted by atomic mass is 9.55. The van der Waals surface area contributed by atoms with Crippen molar-refractivity contribution >= 4 is 28.3 Å². The third kappa shape index (κ3) is 2.03. The van der Waals surface area contributed by atoms with E-state index < -0.39 is 0 Å². The summed E-state index contributed by atoms with van der Waals surface area (Å²) < 4.78 is 0. The van der Waals surface area contributed by atoms with Crippen molar-refractivity contribution in [2.75, 3.05) is 4.90 Å². The molecule has 2 amide bonds. The van der Waals surface area contributed by atoms with Crippen LogP contribution in [0.5, 0.6) is 0 Å². The number of benzene rings is 4. The van der Waals surface area contributed by atoms with Crippen LogP contribution in [0.25, 0.3) is 10.8 Å². The molecule has 4 aliphatic rings. The van der Waals surface area contributed by atoms with Gasteiger partial charge >= 0.3 is 0 Å². The van der Waals surface area contributed by atoms with E-state index in [1.54, 1.807) is 0 Å². The molecule has 0 saturated carbocycles. The summed E-state index contributed by atoms with van der Waals surface area (Å²) in [7, 11) is 0. The maximum atomic E-state index is 13.9. The van der Waals surface area contributed by atoms with Crippen LogP contribution in [-0.2, 0) is 9.59 Å². The summed E-state index contributed by atoms with van der Waals surface area (Å²) in [5.74, 6) is -0.962. The maximum absolute atomic E-state index is 13.9. The molecule has 2 bridgehead atoms. The highest BCUT2D eigenvalue weighted by molar-refractivity contribution is 6.26. The molecule has 0 radical (unpaired) electrons. The second kappa shape index (κ2) is 5.92. The number of carbonyl (C=O) groups excluding carboxylic acids is 2. The SMILES string of the molecule is O=C1[C@@H]2C3c4ccccc4C(c4ccccc43)[C@H]2C(=O)N1c1cccc2ccccc12. The van der Waals surface area contributed by atoms with E-state index in [0.29, 0.717) is 5.69 Å². The van der Waals surface area contributed by atoms with Gasteiger partial charge in [-0.2, -0.15) is 0 Å². The molecule has 1 aliphatic heterocycles. The van der Waals surface area contributed by atoms with E-state index in [4.69, 9.17) is 0 Å². The zero-order valence-corrected chi connectivity index (χ0v) is 16.7. The number of amides is 2. The third-order valence-electron chi connectivity index (χ3n) is 7.46. The summed E-state index contributed by atoms with van der Waals surface area (Å²) in [5, 5.41) is 1.97. The molecular formula is C28H19NO2. The first-order valence-electron chi connectivity index (χ1n) is 10.8. The van der Waals surface area contributed by atoms with Crippen LogP contribution in [0.2, 0.25) is 0 Å². The van der Waals surface area contributed by atoms with Crippen molar-refractivity contribution in [2.24, 2.45) is 11.8 Å². The molecule has 148 valence electrons. The van der Waals surface area contributed by atoms with Crippen molar-refractivity contribution in [3.8, 4) is 0 Å². The molecule has 1 heterocycles. The topological polar surface area (TPSA) is 37.4 Å². The highest BCUT2D eigenvalue weighted by Gasteiger charge is 2.61. The van der Waals surface area contributed by atoms with Crippen molar-refractivity contribution in [3.63, 3.8) is 0 Å². The van der Waals surface area contributed by atoms with E-state index in [-0.39, 0.29) is 35.5 Å². The molecule has 3 aliphatic carbocycles. The molecule has 31 heavy (non-hydrogen) atoms. The summed E-state index contributed by atoms with van der Waals surface area (Å²) in [4.78, 5) is 29.3. The Hall–Kier alpha value is -3.72. The molecular weight excluding hydrogens is 382 g/mol. The second-order valence-electron chi connectivity index (χ2n) is 8.77. The van der Waals surface area contributed by atoms with Gasteiger partial charge in [0.05, 0.1) is 17.5 Å². The van der Waals surface area contributed by atoms with Crippen LogP contribution in [-0.4, -0.2) is 11.8 Å². The largest absolute Gasteiger partial charge is 0.274 e. The summed E-state index contributed by atoms with van der Waals surface area (Å²) >= 11 is 0. The van der Waals surface area contributed by atoms with Crippen LogP contribution >= 0.6 is 0 Å². The maximum Gasteiger partial charge on any atom is 0.238 e. The Labute approximate surface area is 179 Å². The molecule has 4 aromatic rings. The van der Waals surface area contributed by atoms with Crippen LogP contribution in [0.3, 0.4) is 0 Å². The number of hydrogen-bond acceptors (Lipinski definition) is 2. The molecule has 8 rings (SSSR count). The molecule has 1 saturated heterocycles. The fourth-order valence-electron chi connectivity index (χ4n) is 6.32. The molecule has 2 atom stereocenters. The fraction of sp³-hybridized carbons (Fsp3) is 0.143. The predicted octanol–water partition coefficient (Wildman–Crippen LogP) is 5.24. The van der Waals surface area contributed by atoms with Gasteiger partial charge in [0, 0.05) is 17.2 Å².